The van der Waals surface area contributed by atoms with E-state index in [0.29, 0.717) is 18.7 Å². The molecule has 6 nitrogen and oxygen atoms in total. The summed E-state index contributed by atoms with van der Waals surface area (Å²) < 4.78 is 34.5. The summed E-state index contributed by atoms with van der Waals surface area (Å²) in [4.78, 5) is 16.5. The minimum Gasteiger partial charge on any atom is -0.492 e. The van der Waals surface area contributed by atoms with E-state index >= 15 is 0 Å². The van der Waals surface area contributed by atoms with Crippen LogP contribution in [0.3, 0.4) is 0 Å². The zero-order valence-electron chi connectivity index (χ0n) is 14.7. The normalized spacial score (nSPS) is 10.8. The predicted molar refractivity (Wildman–Crippen MR) is 96.3 cm³/mol. The first kappa shape index (κ1) is 20.2. The van der Waals surface area contributed by atoms with Gasteiger partial charge in [-0.1, -0.05) is 29.4 Å². The van der Waals surface area contributed by atoms with E-state index in [1.807, 2.05) is 31.2 Å². The molecule has 0 heterocycles. The van der Waals surface area contributed by atoms with Gasteiger partial charge in [-0.15, -0.1) is 0 Å². The molecule has 8 heteroatoms. The third-order valence-electron chi connectivity index (χ3n) is 3.28. The van der Waals surface area contributed by atoms with Crippen molar-refractivity contribution >= 4 is 12.1 Å². The van der Waals surface area contributed by atoms with E-state index in [0.717, 1.165) is 11.3 Å². The molecule has 0 atom stereocenters. The molecule has 0 aromatic heterocycles. The van der Waals surface area contributed by atoms with Crippen LogP contribution in [0.5, 0.6) is 11.5 Å². The molecule has 1 amide bonds. The van der Waals surface area contributed by atoms with Gasteiger partial charge in [-0.3, -0.25) is 4.79 Å². The number of amides is 1. The highest BCUT2D eigenvalue weighted by molar-refractivity contribution is 5.83. The van der Waals surface area contributed by atoms with Crippen LogP contribution in [0.1, 0.15) is 11.1 Å². The standard InChI is InChI=1S/C19H20F2N2O4/c1-14-5-4-7-16(11-14)25-10-9-22-18(24)13-26-23-12-15-6-2-3-8-17(15)27-19(20)21/h2-8,11-12,19H,9-10,13H2,1H3,(H,22,24)/b23-12+. The lowest BCUT2D eigenvalue weighted by molar-refractivity contribution is -0.125. The molecule has 0 spiro atoms. The van der Waals surface area contributed by atoms with Crippen LogP contribution < -0.4 is 14.8 Å². The maximum Gasteiger partial charge on any atom is 0.387 e. The van der Waals surface area contributed by atoms with Crippen LogP contribution in [0.25, 0.3) is 0 Å². The molecule has 0 bridgehead atoms. The lowest BCUT2D eigenvalue weighted by Crippen LogP contribution is -2.30. The number of nitrogens with one attached hydrogen (secondary N) is 1. The smallest absolute Gasteiger partial charge is 0.387 e. The number of hydrogen-bond acceptors (Lipinski definition) is 5. The van der Waals surface area contributed by atoms with Gasteiger partial charge in [0.2, 0.25) is 0 Å². The Morgan fingerprint density at radius 3 is 2.81 bits per heavy atom. The van der Waals surface area contributed by atoms with Crippen LogP contribution >= 0.6 is 0 Å². The van der Waals surface area contributed by atoms with Crippen LogP contribution in [-0.4, -0.2) is 38.5 Å². The average Bonchev–Trinajstić information content (AvgIpc) is 2.63. The minimum atomic E-state index is -2.94. The van der Waals surface area contributed by atoms with Crippen molar-refractivity contribution in [3.63, 3.8) is 0 Å². The van der Waals surface area contributed by atoms with Gasteiger partial charge in [-0.2, -0.15) is 8.78 Å². The number of alkyl halides is 2. The van der Waals surface area contributed by atoms with Gasteiger partial charge in [-0.25, -0.2) is 0 Å². The minimum absolute atomic E-state index is 0.0300. The van der Waals surface area contributed by atoms with Gasteiger partial charge in [0, 0.05) is 5.56 Å². The van der Waals surface area contributed by atoms with E-state index in [2.05, 4.69) is 15.2 Å². The number of para-hydroxylation sites is 1. The molecular formula is C19H20F2N2O4. The zero-order valence-corrected chi connectivity index (χ0v) is 14.7. The SMILES string of the molecule is Cc1cccc(OCCNC(=O)CO/N=C/c2ccccc2OC(F)F)c1. The highest BCUT2D eigenvalue weighted by atomic mass is 19.3. The lowest BCUT2D eigenvalue weighted by atomic mass is 10.2. The van der Waals surface area contributed by atoms with Crippen LogP contribution in [-0.2, 0) is 9.63 Å². The highest BCUT2D eigenvalue weighted by Crippen LogP contribution is 2.18. The maximum absolute atomic E-state index is 12.3. The molecule has 0 aliphatic rings. The monoisotopic (exact) mass is 378 g/mol. The summed E-state index contributed by atoms with van der Waals surface area (Å²) >= 11 is 0. The maximum atomic E-state index is 12.3. The Kier molecular flexibility index (Phi) is 8.02. The molecule has 27 heavy (non-hydrogen) atoms. The van der Waals surface area contributed by atoms with E-state index < -0.39 is 6.61 Å². The number of aryl methyl sites for hydroxylation is 1. The second kappa shape index (κ2) is 10.7. The number of ether oxygens (including phenoxy) is 2. The van der Waals surface area contributed by atoms with Crippen molar-refractivity contribution in [2.45, 2.75) is 13.5 Å². The van der Waals surface area contributed by atoms with Gasteiger partial charge >= 0.3 is 6.61 Å². The van der Waals surface area contributed by atoms with Crippen molar-refractivity contribution in [1.82, 2.24) is 5.32 Å². The number of carbonyl (C=O) groups excluding carboxylic acids is 1. The molecule has 0 saturated carbocycles. The van der Waals surface area contributed by atoms with Gasteiger partial charge < -0.3 is 19.6 Å². The van der Waals surface area contributed by atoms with E-state index in [4.69, 9.17) is 9.57 Å². The second-order valence-electron chi connectivity index (χ2n) is 5.44. The number of oxime groups is 1. The Balaban J connectivity index is 1.66. The summed E-state index contributed by atoms with van der Waals surface area (Å²) in [6.07, 6.45) is 1.20. The zero-order chi connectivity index (χ0) is 19.5. The molecular weight excluding hydrogens is 358 g/mol. The van der Waals surface area contributed by atoms with Crippen molar-refractivity contribution in [1.29, 1.82) is 0 Å². The van der Waals surface area contributed by atoms with Gasteiger partial charge in [0.15, 0.2) is 6.61 Å². The van der Waals surface area contributed by atoms with Crippen molar-refractivity contribution in [3.05, 3.63) is 59.7 Å². The van der Waals surface area contributed by atoms with E-state index in [1.54, 1.807) is 12.1 Å². The number of carbonyl (C=O) groups is 1. The summed E-state index contributed by atoms with van der Waals surface area (Å²) in [7, 11) is 0. The van der Waals surface area contributed by atoms with Gasteiger partial charge in [-0.05, 0) is 36.8 Å². The Labute approximate surface area is 155 Å². The topological polar surface area (TPSA) is 69.2 Å². The summed E-state index contributed by atoms with van der Waals surface area (Å²) in [6, 6.07) is 13.7. The summed E-state index contributed by atoms with van der Waals surface area (Å²) in [6.45, 7) is -0.654. The third-order valence-corrected chi connectivity index (χ3v) is 3.28. The molecule has 0 unspecified atom stereocenters. The molecule has 144 valence electrons. The van der Waals surface area contributed by atoms with Gasteiger partial charge in [0.1, 0.15) is 18.1 Å². The molecule has 2 aromatic carbocycles. The molecule has 0 aliphatic carbocycles. The molecule has 1 N–H and O–H groups in total. The second-order valence-corrected chi connectivity index (χ2v) is 5.44. The number of rotatable bonds is 10. The van der Waals surface area contributed by atoms with Crippen LogP contribution in [0.4, 0.5) is 8.78 Å². The van der Waals surface area contributed by atoms with Crippen molar-refractivity contribution in [2.24, 2.45) is 5.16 Å². The van der Waals surface area contributed by atoms with E-state index in [-0.39, 0.29) is 18.3 Å². The Morgan fingerprint density at radius 1 is 1.22 bits per heavy atom. The fourth-order valence-corrected chi connectivity index (χ4v) is 2.10. The average molecular weight is 378 g/mol. The number of halogens is 2. The largest absolute Gasteiger partial charge is 0.492 e. The highest BCUT2D eigenvalue weighted by Gasteiger charge is 2.07. The first-order valence-corrected chi connectivity index (χ1v) is 8.20. The summed E-state index contributed by atoms with van der Waals surface area (Å²) in [5.74, 6) is 0.324. The number of nitrogens with zero attached hydrogens (tertiary/aromatic N) is 1. The Bertz CT molecular complexity index is 769. The third kappa shape index (κ3) is 7.72. The van der Waals surface area contributed by atoms with Crippen molar-refractivity contribution in [3.8, 4) is 11.5 Å². The molecule has 0 radical (unpaired) electrons. The Morgan fingerprint density at radius 2 is 2.04 bits per heavy atom. The fourth-order valence-electron chi connectivity index (χ4n) is 2.10. The molecule has 0 saturated heterocycles. The summed E-state index contributed by atoms with van der Waals surface area (Å²) in [5.41, 5.74) is 1.40. The van der Waals surface area contributed by atoms with Gasteiger partial charge in [0.05, 0.1) is 12.8 Å². The van der Waals surface area contributed by atoms with Crippen LogP contribution in [0.15, 0.2) is 53.7 Å². The molecule has 2 aromatic rings. The van der Waals surface area contributed by atoms with E-state index in [1.165, 1.54) is 18.3 Å². The predicted octanol–water partition coefficient (Wildman–Crippen LogP) is 3.14. The first-order chi connectivity index (χ1) is 13.0. The van der Waals surface area contributed by atoms with E-state index in [9.17, 15) is 13.6 Å². The number of benzene rings is 2. The van der Waals surface area contributed by atoms with Crippen molar-refractivity contribution in [2.75, 3.05) is 19.8 Å². The fraction of sp³-hybridized carbons (Fsp3) is 0.263. The van der Waals surface area contributed by atoms with Crippen LogP contribution in [0.2, 0.25) is 0 Å². The first-order valence-electron chi connectivity index (χ1n) is 8.20. The van der Waals surface area contributed by atoms with Crippen LogP contribution in [0, 0.1) is 6.92 Å². The lowest BCUT2D eigenvalue weighted by Gasteiger charge is -2.08. The molecule has 2 rings (SSSR count). The Hall–Kier alpha value is -3.16. The molecule has 0 aliphatic heterocycles. The quantitative estimate of drug-likeness (QED) is 0.392. The van der Waals surface area contributed by atoms with Crippen molar-refractivity contribution < 1.29 is 27.9 Å². The number of hydrogen-bond donors (Lipinski definition) is 1. The summed E-state index contributed by atoms with van der Waals surface area (Å²) in [5, 5.41) is 6.21. The van der Waals surface area contributed by atoms with Gasteiger partial charge in [0.25, 0.3) is 5.91 Å². The molecule has 0 fully saturated rings.